The minimum atomic E-state index is -0.170. The van der Waals surface area contributed by atoms with Crippen LogP contribution in [0.4, 0.5) is 5.69 Å². The maximum atomic E-state index is 12.2. The van der Waals surface area contributed by atoms with Crippen LogP contribution in [-0.2, 0) is 10.2 Å². The molecule has 116 valence electrons. The van der Waals surface area contributed by atoms with E-state index in [1.54, 1.807) is 6.08 Å². The Morgan fingerprint density at radius 2 is 1.91 bits per heavy atom. The maximum Gasteiger partial charge on any atom is 0.248 e. The van der Waals surface area contributed by atoms with Gasteiger partial charge in [0.1, 0.15) is 5.76 Å². The van der Waals surface area contributed by atoms with Crippen molar-refractivity contribution < 1.29 is 9.32 Å². The summed E-state index contributed by atoms with van der Waals surface area (Å²) in [7, 11) is 0. The smallest absolute Gasteiger partial charge is 0.248 e. The molecule has 0 radical (unpaired) electrons. The minimum absolute atomic E-state index is 0.0325. The van der Waals surface area contributed by atoms with Gasteiger partial charge in [-0.05, 0) is 37.0 Å². The van der Waals surface area contributed by atoms with Crippen LogP contribution in [0.2, 0.25) is 0 Å². The van der Waals surface area contributed by atoms with E-state index in [0.29, 0.717) is 5.76 Å². The number of nitrogens with one attached hydrogen (secondary N) is 1. The van der Waals surface area contributed by atoms with Gasteiger partial charge in [-0.3, -0.25) is 4.79 Å². The lowest BCUT2D eigenvalue weighted by Gasteiger charge is -2.22. The molecule has 0 aliphatic rings. The van der Waals surface area contributed by atoms with Gasteiger partial charge >= 0.3 is 0 Å². The number of para-hydroxylation sites is 1. The van der Waals surface area contributed by atoms with Crippen molar-refractivity contribution in [1.82, 2.24) is 5.16 Å². The summed E-state index contributed by atoms with van der Waals surface area (Å²) in [4.78, 5) is 12.2. The van der Waals surface area contributed by atoms with Crippen LogP contribution in [0.25, 0.3) is 6.08 Å². The summed E-state index contributed by atoms with van der Waals surface area (Å²) in [6.07, 6.45) is 3.24. The molecule has 2 rings (SSSR count). The molecule has 4 heteroatoms. The lowest BCUT2D eigenvalue weighted by Crippen LogP contribution is -2.17. The molecule has 0 atom stereocenters. The fourth-order valence-electron chi connectivity index (χ4n) is 2.31. The lowest BCUT2D eigenvalue weighted by atomic mass is 9.86. The molecule has 4 nitrogen and oxygen atoms in total. The molecular formula is C18H22N2O2. The third kappa shape index (κ3) is 3.64. The van der Waals surface area contributed by atoms with Crippen molar-refractivity contribution in [2.24, 2.45) is 0 Å². The first-order valence-corrected chi connectivity index (χ1v) is 7.30. The van der Waals surface area contributed by atoms with Crippen LogP contribution in [0.3, 0.4) is 0 Å². The Labute approximate surface area is 131 Å². The van der Waals surface area contributed by atoms with Gasteiger partial charge < -0.3 is 9.84 Å². The Bertz CT molecular complexity index is 687. The molecule has 1 aromatic carbocycles. The standard InChI is InChI=1S/C18H22N2O2/c1-12-14(13(2)22-20-12)10-11-17(21)19-16-9-7-6-8-15(16)18(3,4)5/h6-11H,1-5H3,(H,19,21). The summed E-state index contributed by atoms with van der Waals surface area (Å²) in [6.45, 7) is 10.0. The number of amides is 1. The number of hydrogen-bond acceptors (Lipinski definition) is 3. The van der Waals surface area contributed by atoms with Crippen molar-refractivity contribution in [2.75, 3.05) is 5.32 Å². The highest BCUT2D eigenvalue weighted by Gasteiger charge is 2.18. The zero-order valence-corrected chi connectivity index (χ0v) is 13.7. The highest BCUT2D eigenvalue weighted by molar-refractivity contribution is 6.02. The number of nitrogens with zero attached hydrogens (tertiary/aromatic N) is 1. The zero-order valence-electron chi connectivity index (χ0n) is 13.7. The molecule has 22 heavy (non-hydrogen) atoms. The van der Waals surface area contributed by atoms with E-state index in [-0.39, 0.29) is 11.3 Å². The summed E-state index contributed by atoms with van der Waals surface area (Å²) in [5.41, 5.74) is 3.53. The van der Waals surface area contributed by atoms with Gasteiger partial charge in [0.15, 0.2) is 0 Å². The molecule has 0 fully saturated rings. The van der Waals surface area contributed by atoms with Gasteiger partial charge in [-0.15, -0.1) is 0 Å². The molecule has 1 aromatic heterocycles. The SMILES string of the molecule is Cc1noc(C)c1C=CC(=O)Nc1ccccc1C(C)(C)C. The second-order valence-corrected chi connectivity index (χ2v) is 6.36. The summed E-state index contributed by atoms with van der Waals surface area (Å²) < 4.78 is 5.08. The Balaban J connectivity index is 2.17. The van der Waals surface area contributed by atoms with Gasteiger partial charge in [-0.25, -0.2) is 0 Å². The van der Waals surface area contributed by atoms with E-state index in [0.717, 1.165) is 22.5 Å². The third-order valence-corrected chi connectivity index (χ3v) is 3.48. The summed E-state index contributed by atoms with van der Waals surface area (Å²) in [5, 5.41) is 6.81. The van der Waals surface area contributed by atoms with Gasteiger partial charge in [-0.1, -0.05) is 44.1 Å². The number of hydrogen-bond donors (Lipinski definition) is 1. The Hall–Kier alpha value is -2.36. The first kappa shape index (κ1) is 16.0. The van der Waals surface area contributed by atoms with Crippen LogP contribution >= 0.6 is 0 Å². The third-order valence-electron chi connectivity index (χ3n) is 3.48. The number of aryl methyl sites for hydroxylation is 2. The maximum absolute atomic E-state index is 12.2. The van der Waals surface area contributed by atoms with Gasteiger partial charge in [0.25, 0.3) is 0 Å². The largest absolute Gasteiger partial charge is 0.361 e. The average molecular weight is 298 g/mol. The molecule has 0 aliphatic carbocycles. The summed E-state index contributed by atoms with van der Waals surface area (Å²) in [6, 6.07) is 7.86. The van der Waals surface area contributed by atoms with Gasteiger partial charge in [0.2, 0.25) is 5.91 Å². The van der Waals surface area contributed by atoms with Crippen molar-refractivity contribution in [3.8, 4) is 0 Å². The van der Waals surface area contributed by atoms with Crippen molar-refractivity contribution in [2.45, 2.75) is 40.0 Å². The molecule has 1 heterocycles. The minimum Gasteiger partial charge on any atom is -0.361 e. The number of rotatable bonds is 3. The quantitative estimate of drug-likeness (QED) is 0.862. The van der Waals surface area contributed by atoms with Crippen molar-refractivity contribution in [3.05, 3.63) is 52.9 Å². The number of anilines is 1. The highest BCUT2D eigenvalue weighted by Crippen LogP contribution is 2.29. The predicted molar refractivity (Wildman–Crippen MR) is 88.8 cm³/mol. The Morgan fingerprint density at radius 3 is 2.50 bits per heavy atom. The van der Waals surface area contributed by atoms with E-state index in [1.807, 2.05) is 38.1 Å². The fraction of sp³-hybridized carbons (Fsp3) is 0.333. The van der Waals surface area contributed by atoms with Crippen LogP contribution in [0.5, 0.6) is 0 Å². The van der Waals surface area contributed by atoms with Crippen LogP contribution in [0, 0.1) is 13.8 Å². The van der Waals surface area contributed by atoms with E-state index in [4.69, 9.17) is 4.52 Å². The number of carbonyl (C=O) groups is 1. The van der Waals surface area contributed by atoms with Crippen molar-refractivity contribution in [3.63, 3.8) is 0 Å². The van der Waals surface area contributed by atoms with E-state index in [9.17, 15) is 4.79 Å². The second-order valence-electron chi connectivity index (χ2n) is 6.36. The van der Waals surface area contributed by atoms with Crippen LogP contribution in [0.1, 0.15) is 43.4 Å². The molecule has 0 bridgehead atoms. The van der Waals surface area contributed by atoms with Gasteiger partial charge in [-0.2, -0.15) is 0 Å². The normalized spacial score (nSPS) is 11.9. The summed E-state index contributed by atoms with van der Waals surface area (Å²) in [5.74, 6) is 0.536. The van der Waals surface area contributed by atoms with Gasteiger partial charge in [0.05, 0.1) is 5.69 Å². The zero-order chi connectivity index (χ0) is 16.3. The molecule has 0 saturated heterocycles. The number of benzene rings is 1. The van der Waals surface area contributed by atoms with E-state index in [2.05, 4.69) is 31.2 Å². The summed E-state index contributed by atoms with van der Waals surface area (Å²) >= 11 is 0. The van der Waals surface area contributed by atoms with Crippen LogP contribution in [-0.4, -0.2) is 11.1 Å². The van der Waals surface area contributed by atoms with E-state index >= 15 is 0 Å². The molecule has 0 aliphatic heterocycles. The van der Waals surface area contributed by atoms with Crippen molar-refractivity contribution >= 4 is 17.7 Å². The van der Waals surface area contributed by atoms with E-state index in [1.165, 1.54) is 6.08 Å². The average Bonchev–Trinajstić information content (AvgIpc) is 2.75. The lowest BCUT2D eigenvalue weighted by molar-refractivity contribution is -0.111. The molecule has 0 saturated carbocycles. The monoisotopic (exact) mass is 298 g/mol. The molecule has 1 amide bonds. The van der Waals surface area contributed by atoms with Crippen LogP contribution in [0.15, 0.2) is 34.9 Å². The van der Waals surface area contributed by atoms with Gasteiger partial charge in [0, 0.05) is 17.3 Å². The number of carbonyl (C=O) groups excluding carboxylic acids is 1. The molecule has 0 unspecified atom stereocenters. The molecule has 2 aromatic rings. The molecular weight excluding hydrogens is 276 g/mol. The Kier molecular flexibility index (Phi) is 4.50. The molecule has 0 spiro atoms. The van der Waals surface area contributed by atoms with E-state index < -0.39 is 0 Å². The predicted octanol–water partition coefficient (Wildman–Crippen LogP) is 4.24. The highest BCUT2D eigenvalue weighted by atomic mass is 16.5. The topological polar surface area (TPSA) is 55.1 Å². The first-order chi connectivity index (χ1) is 10.3. The van der Waals surface area contributed by atoms with Crippen molar-refractivity contribution in [1.29, 1.82) is 0 Å². The molecule has 1 N–H and O–H groups in total. The Morgan fingerprint density at radius 1 is 1.23 bits per heavy atom. The second kappa shape index (κ2) is 6.18. The number of aromatic nitrogens is 1. The van der Waals surface area contributed by atoms with Crippen LogP contribution < -0.4 is 5.32 Å². The fourth-order valence-corrected chi connectivity index (χ4v) is 2.31. The first-order valence-electron chi connectivity index (χ1n) is 7.30.